The molecule has 0 aliphatic rings. The number of anilines is 1. The second-order valence-corrected chi connectivity index (χ2v) is 5.33. The van der Waals surface area contributed by atoms with Gasteiger partial charge < -0.3 is 16.8 Å². The molecule has 5 N–H and O–H groups in total. The molecule has 2 amide bonds. The summed E-state index contributed by atoms with van der Waals surface area (Å²) in [6, 6.07) is 3.82. The van der Waals surface area contributed by atoms with Crippen LogP contribution in [-0.4, -0.2) is 29.9 Å². The SMILES string of the molecule is CSCC[C@H](N)C(=O)Nc1cc(C(N)=O)ccc1Cl. The number of primary amides is 1. The van der Waals surface area contributed by atoms with E-state index in [1.807, 2.05) is 6.26 Å². The number of amides is 2. The molecule has 0 unspecified atom stereocenters. The zero-order valence-corrected chi connectivity index (χ0v) is 12.1. The molecular formula is C12H16ClN3O2S. The van der Waals surface area contributed by atoms with Gasteiger partial charge in [0.25, 0.3) is 0 Å². The first-order chi connectivity index (χ1) is 8.95. The van der Waals surface area contributed by atoms with E-state index in [2.05, 4.69) is 5.32 Å². The van der Waals surface area contributed by atoms with Gasteiger partial charge in [0.05, 0.1) is 16.8 Å². The van der Waals surface area contributed by atoms with Crippen LogP contribution in [0.5, 0.6) is 0 Å². The molecular weight excluding hydrogens is 286 g/mol. The summed E-state index contributed by atoms with van der Waals surface area (Å²) in [5.74, 6) is -0.125. The number of carbonyl (C=O) groups excluding carboxylic acids is 2. The number of hydrogen-bond acceptors (Lipinski definition) is 4. The lowest BCUT2D eigenvalue weighted by Gasteiger charge is -2.13. The van der Waals surface area contributed by atoms with E-state index in [0.717, 1.165) is 5.75 Å². The Morgan fingerprint density at radius 2 is 2.16 bits per heavy atom. The van der Waals surface area contributed by atoms with Gasteiger partial charge in [0, 0.05) is 5.56 Å². The monoisotopic (exact) mass is 301 g/mol. The van der Waals surface area contributed by atoms with E-state index in [1.54, 1.807) is 11.8 Å². The minimum Gasteiger partial charge on any atom is -0.366 e. The van der Waals surface area contributed by atoms with Crippen LogP contribution in [0.2, 0.25) is 5.02 Å². The molecule has 0 saturated heterocycles. The number of rotatable bonds is 6. The smallest absolute Gasteiger partial charge is 0.248 e. The van der Waals surface area contributed by atoms with E-state index in [1.165, 1.54) is 18.2 Å². The van der Waals surface area contributed by atoms with Crippen molar-refractivity contribution in [2.75, 3.05) is 17.3 Å². The fourth-order valence-corrected chi connectivity index (χ4v) is 2.03. The largest absolute Gasteiger partial charge is 0.366 e. The van der Waals surface area contributed by atoms with Crippen LogP contribution in [-0.2, 0) is 4.79 Å². The molecule has 19 heavy (non-hydrogen) atoms. The number of hydrogen-bond donors (Lipinski definition) is 3. The van der Waals surface area contributed by atoms with Gasteiger partial charge in [-0.3, -0.25) is 9.59 Å². The summed E-state index contributed by atoms with van der Waals surface area (Å²) in [7, 11) is 0. The van der Waals surface area contributed by atoms with Crippen LogP contribution in [0, 0.1) is 0 Å². The number of halogens is 1. The van der Waals surface area contributed by atoms with Crippen LogP contribution >= 0.6 is 23.4 Å². The molecule has 104 valence electrons. The van der Waals surface area contributed by atoms with Crippen molar-refractivity contribution in [2.24, 2.45) is 11.5 Å². The van der Waals surface area contributed by atoms with Crippen molar-refractivity contribution >= 4 is 40.9 Å². The predicted molar refractivity (Wildman–Crippen MR) is 79.6 cm³/mol. The summed E-state index contributed by atoms with van der Waals surface area (Å²) in [5, 5.41) is 2.93. The van der Waals surface area contributed by atoms with Gasteiger partial charge in [-0.1, -0.05) is 11.6 Å². The van der Waals surface area contributed by atoms with Gasteiger partial charge >= 0.3 is 0 Å². The molecule has 7 heteroatoms. The predicted octanol–water partition coefficient (Wildman–Crippen LogP) is 1.46. The van der Waals surface area contributed by atoms with Gasteiger partial charge in [0.15, 0.2) is 0 Å². The Kier molecular flexibility index (Phi) is 6.14. The third-order valence-corrected chi connectivity index (χ3v) is 3.45. The third kappa shape index (κ3) is 4.74. The van der Waals surface area contributed by atoms with Crippen molar-refractivity contribution in [1.82, 2.24) is 0 Å². The average molecular weight is 302 g/mol. The first-order valence-corrected chi connectivity index (χ1v) is 7.37. The van der Waals surface area contributed by atoms with Gasteiger partial charge in [0.2, 0.25) is 11.8 Å². The molecule has 0 fully saturated rings. The topological polar surface area (TPSA) is 98.2 Å². The van der Waals surface area contributed by atoms with Crippen LogP contribution < -0.4 is 16.8 Å². The molecule has 0 radical (unpaired) electrons. The van der Waals surface area contributed by atoms with Crippen molar-refractivity contribution < 1.29 is 9.59 Å². The lowest BCUT2D eigenvalue weighted by atomic mass is 10.1. The summed E-state index contributed by atoms with van der Waals surface area (Å²) in [6.07, 6.45) is 2.51. The Labute approximate surface area is 121 Å². The zero-order valence-electron chi connectivity index (χ0n) is 10.5. The molecule has 0 spiro atoms. The van der Waals surface area contributed by atoms with Gasteiger partial charge in [-0.15, -0.1) is 0 Å². The Morgan fingerprint density at radius 1 is 1.47 bits per heavy atom. The average Bonchev–Trinajstić information content (AvgIpc) is 2.38. The van der Waals surface area contributed by atoms with Crippen molar-refractivity contribution in [1.29, 1.82) is 0 Å². The second-order valence-electron chi connectivity index (χ2n) is 3.94. The summed E-state index contributed by atoms with van der Waals surface area (Å²) >= 11 is 7.56. The van der Waals surface area contributed by atoms with Crippen molar-refractivity contribution in [3.8, 4) is 0 Å². The molecule has 0 aliphatic carbocycles. The maximum atomic E-state index is 11.8. The van der Waals surface area contributed by atoms with Crippen LogP contribution in [0.4, 0.5) is 5.69 Å². The molecule has 1 atom stereocenters. The normalized spacial score (nSPS) is 11.9. The van der Waals surface area contributed by atoms with Crippen LogP contribution in [0.25, 0.3) is 0 Å². The Balaban J connectivity index is 2.78. The highest BCUT2D eigenvalue weighted by Gasteiger charge is 2.15. The summed E-state index contributed by atoms with van der Waals surface area (Å²) in [4.78, 5) is 22.9. The number of benzene rings is 1. The number of nitrogens with one attached hydrogen (secondary N) is 1. The minimum atomic E-state index is -0.610. The highest BCUT2D eigenvalue weighted by atomic mass is 35.5. The van der Waals surface area contributed by atoms with E-state index >= 15 is 0 Å². The standard InChI is InChI=1S/C12H16ClN3O2S/c1-19-5-4-9(14)12(18)16-10-6-7(11(15)17)2-3-8(10)13/h2-3,6,9H,4-5,14H2,1H3,(H2,15,17)(H,16,18)/t9-/m0/s1. The molecule has 0 heterocycles. The van der Waals surface area contributed by atoms with Crippen LogP contribution in [0.15, 0.2) is 18.2 Å². The van der Waals surface area contributed by atoms with E-state index in [9.17, 15) is 9.59 Å². The molecule has 0 aliphatic heterocycles. The molecule has 0 saturated carbocycles. The Hall–Kier alpha value is -1.24. The minimum absolute atomic E-state index is 0.275. The second kappa shape index (κ2) is 7.37. The molecule has 5 nitrogen and oxygen atoms in total. The first kappa shape index (κ1) is 15.8. The van der Waals surface area contributed by atoms with E-state index in [0.29, 0.717) is 17.1 Å². The van der Waals surface area contributed by atoms with Crippen molar-refractivity contribution in [3.05, 3.63) is 28.8 Å². The van der Waals surface area contributed by atoms with Crippen LogP contribution in [0.1, 0.15) is 16.8 Å². The Morgan fingerprint density at radius 3 is 2.74 bits per heavy atom. The number of nitrogens with two attached hydrogens (primary N) is 2. The fourth-order valence-electron chi connectivity index (χ4n) is 1.38. The maximum absolute atomic E-state index is 11.8. The van der Waals surface area contributed by atoms with E-state index < -0.39 is 11.9 Å². The quantitative estimate of drug-likeness (QED) is 0.741. The van der Waals surface area contributed by atoms with Crippen molar-refractivity contribution in [2.45, 2.75) is 12.5 Å². The summed E-state index contributed by atoms with van der Waals surface area (Å²) < 4.78 is 0. The Bertz CT molecular complexity index is 482. The maximum Gasteiger partial charge on any atom is 0.248 e. The third-order valence-electron chi connectivity index (χ3n) is 2.48. The van der Waals surface area contributed by atoms with Gasteiger partial charge in [-0.25, -0.2) is 0 Å². The first-order valence-electron chi connectivity index (χ1n) is 5.60. The van der Waals surface area contributed by atoms with Gasteiger partial charge in [-0.05, 0) is 36.6 Å². The van der Waals surface area contributed by atoms with E-state index in [-0.39, 0.29) is 11.5 Å². The molecule has 1 aromatic rings. The number of carbonyl (C=O) groups is 2. The summed E-state index contributed by atoms with van der Waals surface area (Å²) in [6.45, 7) is 0. The highest BCUT2D eigenvalue weighted by molar-refractivity contribution is 7.98. The highest BCUT2D eigenvalue weighted by Crippen LogP contribution is 2.23. The van der Waals surface area contributed by atoms with Crippen molar-refractivity contribution in [3.63, 3.8) is 0 Å². The number of thioether (sulfide) groups is 1. The van der Waals surface area contributed by atoms with Gasteiger partial charge in [0.1, 0.15) is 0 Å². The van der Waals surface area contributed by atoms with E-state index in [4.69, 9.17) is 23.1 Å². The van der Waals surface area contributed by atoms with Crippen LogP contribution in [0.3, 0.4) is 0 Å². The zero-order chi connectivity index (χ0) is 14.4. The fraction of sp³-hybridized carbons (Fsp3) is 0.333. The lowest BCUT2D eigenvalue weighted by Crippen LogP contribution is -2.36. The molecule has 0 aromatic heterocycles. The summed E-state index contributed by atoms with van der Waals surface area (Å²) in [5.41, 5.74) is 11.5. The molecule has 1 rings (SSSR count). The van der Waals surface area contributed by atoms with Gasteiger partial charge in [-0.2, -0.15) is 11.8 Å². The lowest BCUT2D eigenvalue weighted by molar-refractivity contribution is -0.117. The molecule has 0 bridgehead atoms. The molecule has 1 aromatic carbocycles.